The van der Waals surface area contributed by atoms with Crippen molar-refractivity contribution in [2.24, 2.45) is 0 Å². The molecule has 1 nitrogen and oxygen atoms in total. The van der Waals surface area contributed by atoms with E-state index < -0.39 is 0 Å². The summed E-state index contributed by atoms with van der Waals surface area (Å²) in [4.78, 5) is 4.34. The van der Waals surface area contributed by atoms with Crippen molar-refractivity contribution in [1.29, 1.82) is 0 Å². The lowest BCUT2D eigenvalue weighted by molar-refractivity contribution is 0.539. The third-order valence-electron chi connectivity index (χ3n) is 3.20. The Labute approximate surface area is 132 Å². The molecule has 0 radical (unpaired) electrons. The van der Waals surface area contributed by atoms with Crippen molar-refractivity contribution in [3.05, 3.63) is 42.2 Å². The molecule has 0 saturated carbocycles. The van der Waals surface area contributed by atoms with Crippen LogP contribution in [0.25, 0.3) is 0 Å². The molecule has 1 atom stereocenters. The van der Waals surface area contributed by atoms with Crippen LogP contribution in [0, 0.1) is 13.8 Å². The Balaban J connectivity index is 2.15. The first-order chi connectivity index (χ1) is 9.10. The van der Waals surface area contributed by atoms with Crippen molar-refractivity contribution in [3.63, 3.8) is 0 Å². The Kier molecular flexibility index (Phi) is 5.63. The second-order valence-corrected chi connectivity index (χ2v) is 8.03. The highest BCUT2D eigenvalue weighted by Gasteiger charge is 2.15. The fourth-order valence-corrected chi connectivity index (χ4v) is 4.64. The van der Waals surface area contributed by atoms with Gasteiger partial charge in [-0.05, 0) is 60.4 Å². The SMILES string of the molecule is CCCNC(Cc1cc(Br)cs1)c1cc(C)c(C)s1. The molecular formula is C15H20BrNS2. The fraction of sp³-hybridized carbons (Fsp3) is 0.467. The number of hydrogen-bond acceptors (Lipinski definition) is 3. The van der Waals surface area contributed by atoms with Gasteiger partial charge in [-0.1, -0.05) is 6.92 Å². The summed E-state index contributed by atoms with van der Waals surface area (Å²) in [5.41, 5.74) is 1.41. The number of thiophene rings is 2. The maximum absolute atomic E-state index is 3.69. The molecule has 2 heterocycles. The van der Waals surface area contributed by atoms with Crippen LogP contribution in [0.3, 0.4) is 0 Å². The van der Waals surface area contributed by atoms with E-state index >= 15 is 0 Å². The second kappa shape index (κ2) is 7.02. The summed E-state index contributed by atoms with van der Waals surface area (Å²) in [5.74, 6) is 0. The maximum atomic E-state index is 3.69. The van der Waals surface area contributed by atoms with E-state index in [0.717, 1.165) is 13.0 Å². The Morgan fingerprint density at radius 1 is 1.32 bits per heavy atom. The fourth-order valence-electron chi connectivity index (χ4n) is 2.03. The van der Waals surface area contributed by atoms with Crippen molar-refractivity contribution in [3.8, 4) is 0 Å². The summed E-state index contributed by atoms with van der Waals surface area (Å²) in [6, 6.07) is 5.03. The quantitative estimate of drug-likeness (QED) is 0.722. The van der Waals surface area contributed by atoms with Crippen molar-refractivity contribution in [2.45, 2.75) is 39.7 Å². The van der Waals surface area contributed by atoms with E-state index in [1.807, 2.05) is 22.7 Å². The third kappa shape index (κ3) is 4.15. The van der Waals surface area contributed by atoms with Gasteiger partial charge < -0.3 is 5.32 Å². The molecule has 2 rings (SSSR count). The lowest BCUT2D eigenvalue weighted by atomic mass is 10.1. The first kappa shape index (κ1) is 15.2. The van der Waals surface area contributed by atoms with Crippen LogP contribution in [0.2, 0.25) is 0 Å². The Morgan fingerprint density at radius 3 is 2.63 bits per heavy atom. The van der Waals surface area contributed by atoms with Crippen molar-refractivity contribution in [2.75, 3.05) is 6.54 Å². The van der Waals surface area contributed by atoms with Gasteiger partial charge in [0.15, 0.2) is 0 Å². The number of aryl methyl sites for hydroxylation is 2. The first-order valence-corrected chi connectivity index (χ1v) is 9.12. The zero-order valence-electron chi connectivity index (χ0n) is 11.6. The summed E-state index contributed by atoms with van der Waals surface area (Å²) in [6.45, 7) is 7.71. The van der Waals surface area contributed by atoms with Crippen molar-refractivity contribution >= 4 is 38.6 Å². The minimum absolute atomic E-state index is 0.447. The molecule has 1 N–H and O–H groups in total. The zero-order chi connectivity index (χ0) is 13.8. The Hall–Kier alpha value is -0.160. The molecule has 0 saturated heterocycles. The minimum Gasteiger partial charge on any atom is -0.309 e. The van der Waals surface area contributed by atoms with Gasteiger partial charge in [-0.2, -0.15) is 0 Å². The second-order valence-electron chi connectivity index (χ2n) is 4.83. The summed E-state index contributed by atoms with van der Waals surface area (Å²) in [5, 5.41) is 5.85. The van der Waals surface area contributed by atoms with E-state index in [4.69, 9.17) is 0 Å². The molecule has 4 heteroatoms. The van der Waals surface area contributed by atoms with Crippen LogP contribution in [-0.4, -0.2) is 6.54 Å². The van der Waals surface area contributed by atoms with Crippen molar-refractivity contribution < 1.29 is 0 Å². The van der Waals surface area contributed by atoms with Crippen LogP contribution >= 0.6 is 38.6 Å². The van der Waals surface area contributed by atoms with E-state index in [9.17, 15) is 0 Å². The van der Waals surface area contributed by atoms with E-state index in [1.54, 1.807) is 0 Å². The lowest BCUT2D eigenvalue weighted by Gasteiger charge is -2.16. The molecule has 0 aliphatic heterocycles. The van der Waals surface area contributed by atoms with Gasteiger partial charge in [0.1, 0.15) is 0 Å². The van der Waals surface area contributed by atoms with Gasteiger partial charge in [-0.15, -0.1) is 22.7 Å². The Morgan fingerprint density at radius 2 is 2.11 bits per heavy atom. The van der Waals surface area contributed by atoms with Crippen LogP contribution in [-0.2, 0) is 6.42 Å². The zero-order valence-corrected chi connectivity index (χ0v) is 14.8. The highest BCUT2D eigenvalue weighted by Crippen LogP contribution is 2.31. The van der Waals surface area contributed by atoms with Gasteiger partial charge in [-0.25, -0.2) is 0 Å². The smallest absolute Gasteiger partial charge is 0.0463 e. The highest BCUT2D eigenvalue weighted by molar-refractivity contribution is 9.10. The minimum atomic E-state index is 0.447. The van der Waals surface area contributed by atoms with Crippen molar-refractivity contribution in [1.82, 2.24) is 5.32 Å². The molecule has 0 aliphatic carbocycles. The van der Waals surface area contributed by atoms with Crippen LogP contribution in [0.5, 0.6) is 0 Å². The van der Waals surface area contributed by atoms with Gasteiger partial charge in [0.2, 0.25) is 0 Å². The topological polar surface area (TPSA) is 12.0 Å². The van der Waals surface area contributed by atoms with E-state index in [1.165, 1.54) is 31.1 Å². The normalized spacial score (nSPS) is 12.8. The summed E-state index contributed by atoms with van der Waals surface area (Å²) in [6.07, 6.45) is 2.25. The number of rotatable bonds is 6. The van der Waals surface area contributed by atoms with Gasteiger partial charge in [0.05, 0.1) is 0 Å². The first-order valence-electron chi connectivity index (χ1n) is 6.63. The standard InChI is InChI=1S/C15H20BrNS2/c1-4-5-17-14(8-13-7-12(16)9-18-13)15-6-10(2)11(3)19-15/h6-7,9,14,17H,4-5,8H2,1-3H3. The Bertz CT molecular complexity index is 510. The van der Waals surface area contributed by atoms with Crippen LogP contribution in [0.1, 0.15) is 39.6 Å². The average Bonchev–Trinajstić information content (AvgIpc) is 2.92. The third-order valence-corrected chi connectivity index (χ3v) is 6.18. The van der Waals surface area contributed by atoms with Crippen LogP contribution < -0.4 is 5.32 Å². The predicted octanol–water partition coefficient (Wildman–Crippen LogP) is 5.47. The maximum Gasteiger partial charge on any atom is 0.0463 e. The molecular weight excluding hydrogens is 338 g/mol. The molecule has 2 aromatic heterocycles. The van der Waals surface area contributed by atoms with E-state index in [0.29, 0.717) is 6.04 Å². The van der Waals surface area contributed by atoms with Gasteiger partial charge in [0, 0.05) is 36.9 Å². The van der Waals surface area contributed by atoms with E-state index in [2.05, 4.69) is 59.5 Å². The average molecular weight is 358 g/mol. The molecule has 0 aromatic carbocycles. The number of halogens is 1. The molecule has 0 amide bonds. The summed E-state index contributed by atoms with van der Waals surface area (Å²) in [7, 11) is 0. The summed E-state index contributed by atoms with van der Waals surface area (Å²) >= 11 is 7.30. The number of hydrogen-bond donors (Lipinski definition) is 1. The van der Waals surface area contributed by atoms with Gasteiger partial charge in [-0.3, -0.25) is 0 Å². The molecule has 19 heavy (non-hydrogen) atoms. The molecule has 104 valence electrons. The van der Waals surface area contributed by atoms with Gasteiger partial charge in [0.25, 0.3) is 0 Å². The van der Waals surface area contributed by atoms with Crippen LogP contribution in [0.15, 0.2) is 22.0 Å². The van der Waals surface area contributed by atoms with E-state index in [-0.39, 0.29) is 0 Å². The molecule has 0 spiro atoms. The molecule has 1 unspecified atom stereocenters. The van der Waals surface area contributed by atoms with Crippen LogP contribution in [0.4, 0.5) is 0 Å². The molecule has 0 aliphatic rings. The predicted molar refractivity (Wildman–Crippen MR) is 90.6 cm³/mol. The lowest BCUT2D eigenvalue weighted by Crippen LogP contribution is -2.23. The highest BCUT2D eigenvalue weighted by atomic mass is 79.9. The molecule has 0 bridgehead atoms. The summed E-state index contributed by atoms with van der Waals surface area (Å²) < 4.78 is 1.19. The number of nitrogens with one attached hydrogen (secondary N) is 1. The van der Waals surface area contributed by atoms with Gasteiger partial charge >= 0.3 is 0 Å². The molecule has 0 fully saturated rings. The largest absolute Gasteiger partial charge is 0.309 e. The monoisotopic (exact) mass is 357 g/mol. The molecule has 2 aromatic rings.